The fourth-order valence-electron chi connectivity index (χ4n) is 6.19. The summed E-state index contributed by atoms with van der Waals surface area (Å²) in [4.78, 5) is 19.9. The Kier molecular flexibility index (Phi) is 16.6. The number of non-ortho nitro benzene ring substituents is 1. The first-order chi connectivity index (χ1) is 23.9. The molecule has 2 saturated heterocycles. The van der Waals surface area contributed by atoms with Crippen LogP contribution >= 0.6 is 23.2 Å². The molecular weight excluding hydrogens is 721 g/mol. The molecule has 0 unspecified atom stereocenters. The van der Waals surface area contributed by atoms with Crippen molar-refractivity contribution in [2.45, 2.75) is 116 Å². The number of aliphatic hydroxyl groups is 5. The molecule has 0 bridgehead atoms. The van der Waals surface area contributed by atoms with Gasteiger partial charge in [-0.1, -0.05) is 23.2 Å². The molecule has 14 atom stereocenters. The third-order valence-electron chi connectivity index (χ3n) is 9.10. The molecule has 292 valence electrons. The highest BCUT2D eigenvalue weighted by molar-refractivity contribution is 6.53. The zero-order valence-electron chi connectivity index (χ0n) is 28.2. The molecule has 2 heterocycles. The van der Waals surface area contributed by atoms with Crippen molar-refractivity contribution < 1.29 is 54.2 Å². The van der Waals surface area contributed by atoms with Gasteiger partial charge in [0.25, 0.3) is 11.6 Å². The number of nitrogens with zero attached hydrogens (tertiary/aromatic N) is 1. The molecule has 51 heavy (non-hydrogen) atoms. The number of hydrogen-bond donors (Lipinski definition) is 11. The van der Waals surface area contributed by atoms with E-state index in [0.29, 0.717) is 24.9 Å². The number of alkyl halides is 2. The van der Waals surface area contributed by atoms with E-state index in [4.69, 9.17) is 70.2 Å². The standard InChI is InChI=1S/C19H39N5O7.C11H12Cl2N2O5/c1-19(27)7-28-18(13(26)16(19)24-2)31-15-11(23)5-10(22)14(12(15)25)30-17-9(21)4-3-8(6-20)29-17;12-10(13)11(18)14-8(5-16)9(17)6-1-3-7(4-2-6)15(19)20/h8-18,24-27H,3-7,20-23H2,1-2H3;1-4,8-10,16-17H,5H2,(H,14,18)/t8-,9+,10-,11+,12-,13+,14+,15-,16+,17+,18+,19-;8-,9-/m01/s1. The molecular formula is C30H51Cl2N7O12. The lowest BCUT2D eigenvalue weighted by atomic mass is 9.84. The molecule has 4 rings (SSSR count). The minimum atomic E-state index is -1.33. The number of benzene rings is 1. The summed E-state index contributed by atoms with van der Waals surface area (Å²) in [5.74, 6) is -0.756. The summed E-state index contributed by atoms with van der Waals surface area (Å²) in [5.41, 5.74) is 23.2. The van der Waals surface area contributed by atoms with Crippen LogP contribution in [0, 0.1) is 10.1 Å². The number of halogens is 2. The van der Waals surface area contributed by atoms with E-state index in [0.717, 1.165) is 6.42 Å². The van der Waals surface area contributed by atoms with Gasteiger partial charge >= 0.3 is 0 Å². The average molecular weight is 773 g/mol. The first-order valence-electron chi connectivity index (χ1n) is 16.4. The fourth-order valence-corrected chi connectivity index (χ4v) is 6.32. The van der Waals surface area contributed by atoms with Gasteiger partial charge in [-0.05, 0) is 50.9 Å². The molecule has 0 radical (unpaired) electrons. The van der Waals surface area contributed by atoms with Gasteiger partial charge in [0, 0.05) is 30.8 Å². The molecule has 19 nitrogen and oxygen atoms in total. The largest absolute Gasteiger partial charge is 0.394 e. The first-order valence-corrected chi connectivity index (χ1v) is 17.2. The van der Waals surface area contributed by atoms with Crippen LogP contribution < -0.4 is 33.6 Å². The Bertz CT molecular complexity index is 1260. The monoisotopic (exact) mass is 771 g/mol. The number of nitrogens with one attached hydrogen (secondary N) is 2. The number of nitrogens with two attached hydrogens (primary N) is 4. The van der Waals surface area contributed by atoms with Gasteiger partial charge in [0.05, 0.1) is 42.4 Å². The summed E-state index contributed by atoms with van der Waals surface area (Å²) in [6, 6.07) is 1.80. The van der Waals surface area contributed by atoms with Crippen LogP contribution in [0.1, 0.15) is 37.9 Å². The van der Waals surface area contributed by atoms with Crippen LogP contribution in [0.2, 0.25) is 0 Å². The Hall–Kier alpha value is -1.89. The predicted molar refractivity (Wildman–Crippen MR) is 183 cm³/mol. The van der Waals surface area contributed by atoms with Crippen molar-refractivity contribution in [3.05, 3.63) is 39.9 Å². The van der Waals surface area contributed by atoms with Gasteiger partial charge in [0.1, 0.15) is 36.1 Å². The number of ether oxygens (including phenoxy) is 4. The molecule has 1 amide bonds. The van der Waals surface area contributed by atoms with Crippen LogP contribution in [-0.4, -0.2) is 147 Å². The van der Waals surface area contributed by atoms with E-state index in [1.807, 2.05) is 0 Å². The summed E-state index contributed by atoms with van der Waals surface area (Å²) >= 11 is 10.7. The molecule has 1 aromatic carbocycles. The van der Waals surface area contributed by atoms with E-state index >= 15 is 0 Å². The molecule has 3 fully saturated rings. The van der Waals surface area contributed by atoms with Crippen LogP contribution in [0.3, 0.4) is 0 Å². The van der Waals surface area contributed by atoms with Crippen LogP contribution in [0.5, 0.6) is 0 Å². The summed E-state index contributed by atoms with van der Waals surface area (Å²) in [6.07, 6.45) is -5.73. The van der Waals surface area contributed by atoms with E-state index in [-0.39, 0.29) is 24.4 Å². The van der Waals surface area contributed by atoms with Gasteiger partial charge in [-0.15, -0.1) is 0 Å². The molecule has 0 spiro atoms. The van der Waals surface area contributed by atoms with E-state index < -0.39 is 95.1 Å². The lowest BCUT2D eigenvalue weighted by Gasteiger charge is -2.48. The minimum absolute atomic E-state index is 0.0665. The summed E-state index contributed by atoms with van der Waals surface area (Å²) < 4.78 is 23.3. The number of nitro groups is 1. The summed E-state index contributed by atoms with van der Waals surface area (Å²) in [5, 5.41) is 66.9. The molecule has 15 N–H and O–H groups in total. The van der Waals surface area contributed by atoms with E-state index in [9.17, 15) is 35.3 Å². The zero-order chi connectivity index (χ0) is 38.2. The second-order valence-electron chi connectivity index (χ2n) is 13.0. The van der Waals surface area contributed by atoms with Gasteiger partial charge in [0.15, 0.2) is 17.4 Å². The fraction of sp³-hybridized carbons (Fsp3) is 0.767. The van der Waals surface area contributed by atoms with Gasteiger partial charge < -0.3 is 78.0 Å². The lowest BCUT2D eigenvalue weighted by Crippen LogP contribution is -2.68. The van der Waals surface area contributed by atoms with Gasteiger partial charge in [-0.25, -0.2) is 0 Å². The minimum Gasteiger partial charge on any atom is -0.394 e. The summed E-state index contributed by atoms with van der Waals surface area (Å²) in [6.45, 7) is 1.28. The second kappa shape index (κ2) is 19.4. The molecule has 21 heteroatoms. The SMILES string of the molecule is CN[C@@H]1[C@@H](O)[C@@H](O[C@@H]2[C@@H](O)[C@H](O[C@H]3O[C@H](CN)CC[C@H]3N)[C@@H](N)C[C@H]2N)OC[C@]1(C)O.O=C(N[C@H](CO)[C@H](O)c1ccc([N+](=O)[O-])cc1)C(Cl)Cl. The number of nitro benzene ring substituents is 1. The molecule has 1 aliphatic carbocycles. The van der Waals surface area contributed by atoms with Crippen LogP contribution in [0.4, 0.5) is 5.69 Å². The van der Waals surface area contributed by atoms with Gasteiger partial charge in [-0.2, -0.15) is 0 Å². The smallest absolute Gasteiger partial charge is 0.269 e. The quantitative estimate of drug-likeness (QED) is 0.0570. The van der Waals surface area contributed by atoms with Crippen molar-refractivity contribution >= 4 is 34.8 Å². The third-order valence-corrected chi connectivity index (χ3v) is 9.49. The number of likely N-dealkylation sites (N-methyl/N-ethyl adjacent to an activating group) is 1. The molecule has 2 aliphatic heterocycles. The van der Waals surface area contributed by atoms with Crippen molar-refractivity contribution in [2.75, 3.05) is 26.8 Å². The van der Waals surface area contributed by atoms with Crippen LogP contribution in [-0.2, 0) is 23.7 Å². The lowest BCUT2D eigenvalue weighted by molar-refractivity contribution is -0.384. The van der Waals surface area contributed by atoms with Gasteiger partial charge in [0.2, 0.25) is 0 Å². The highest BCUT2D eigenvalue weighted by Crippen LogP contribution is 2.31. The van der Waals surface area contributed by atoms with Crippen LogP contribution in [0.25, 0.3) is 0 Å². The Morgan fingerprint density at radius 2 is 1.67 bits per heavy atom. The number of amides is 1. The van der Waals surface area contributed by atoms with Crippen molar-refractivity contribution in [2.24, 2.45) is 22.9 Å². The number of carbonyl (C=O) groups is 1. The molecule has 1 saturated carbocycles. The Morgan fingerprint density at radius 3 is 2.18 bits per heavy atom. The zero-order valence-corrected chi connectivity index (χ0v) is 29.8. The molecule has 0 aromatic heterocycles. The topological polar surface area (TPSA) is 326 Å². The molecule has 3 aliphatic rings. The van der Waals surface area contributed by atoms with E-state index in [1.54, 1.807) is 14.0 Å². The number of rotatable bonds is 12. The summed E-state index contributed by atoms with van der Waals surface area (Å²) in [7, 11) is 1.62. The molecule has 1 aromatic rings. The second-order valence-corrected chi connectivity index (χ2v) is 14.1. The van der Waals surface area contributed by atoms with Crippen molar-refractivity contribution in [3.63, 3.8) is 0 Å². The Morgan fingerprint density at radius 1 is 1.08 bits per heavy atom. The van der Waals surface area contributed by atoms with E-state index in [2.05, 4.69) is 10.6 Å². The Balaban J connectivity index is 0.000000304. The van der Waals surface area contributed by atoms with Crippen molar-refractivity contribution in [1.82, 2.24) is 10.6 Å². The predicted octanol–water partition coefficient (Wildman–Crippen LogP) is -3.07. The number of hydrogen-bond acceptors (Lipinski definition) is 17. The third kappa shape index (κ3) is 11.3. The number of carbonyl (C=O) groups excluding carboxylic acids is 1. The first kappa shape index (κ1) is 43.5. The van der Waals surface area contributed by atoms with Crippen LogP contribution in [0.15, 0.2) is 24.3 Å². The normalized spacial score (nSPS) is 36.8. The number of aliphatic hydroxyl groups excluding tert-OH is 4. The maximum Gasteiger partial charge on any atom is 0.269 e. The van der Waals surface area contributed by atoms with Gasteiger partial charge in [-0.3, -0.25) is 14.9 Å². The van der Waals surface area contributed by atoms with E-state index in [1.165, 1.54) is 24.3 Å². The van der Waals surface area contributed by atoms with Crippen molar-refractivity contribution in [1.29, 1.82) is 0 Å². The highest BCUT2D eigenvalue weighted by atomic mass is 35.5. The highest BCUT2D eigenvalue weighted by Gasteiger charge is 2.50. The Labute approximate surface area is 304 Å². The van der Waals surface area contributed by atoms with Crippen molar-refractivity contribution in [3.8, 4) is 0 Å². The average Bonchev–Trinajstić information content (AvgIpc) is 3.08. The maximum absolute atomic E-state index is 11.3. The maximum atomic E-state index is 11.3.